The van der Waals surface area contributed by atoms with Crippen LogP contribution in [-0.4, -0.2) is 18.1 Å². The zero-order valence-electron chi connectivity index (χ0n) is 8.37. The molecule has 0 aliphatic rings. The van der Waals surface area contributed by atoms with Crippen molar-refractivity contribution in [3.05, 3.63) is 28.5 Å². The van der Waals surface area contributed by atoms with E-state index in [4.69, 9.17) is 11.6 Å². The van der Waals surface area contributed by atoms with Gasteiger partial charge in [-0.2, -0.15) is 0 Å². The molecule has 0 spiro atoms. The molecule has 1 aromatic heterocycles. The fraction of sp³-hybridized carbons (Fsp3) is 0.400. The number of aromatic nitrogens is 1. The Bertz CT molecular complexity index is 350. The van der Waals surface area contributed by atoms with Gasteiger partial charge in [-0.1, -0.05) is 25.4 Å². The largest absolute Gasteiger partial charge is 0.464 e. The number of esters is 1. The van der Waals surface area contributed by atoms with Crippen LogP contribution in [0, 0.1) is 0 Å². The summed E-state index contributed by atoms with van der Waals surface area (Å²) in [7, 11) is 1.32. The second kappa shape index (κ2) is 4.42. The molecule has 14 heavy (non-hydrogen) atoms. The number of rotatable bonds is 2. The van der Waals surface area contributed by atoms with Crippen molar-refractivity contribution in [3.63, 3.8) is 0 Å². The second-order valence-corrected chi connectivity index (χ2v) is 3.68. The van der Waals surface area contributed by atoms with E-state index in [1.807, 2.05) is 13.8 Å². The first kappa shape index (κ1) is 11.0. The lowest BCUT2D eigenvalue weighted by Gasteiger charge is -2.06. The van der Waals surface area contributed by atoms with Crippen LogP contribution in [0.1, 0.15) is 35.9 Å². The number of carbonyl (C=O) groups excluding carboxylic acids is 1. The molecule has 3 nitrogen and oxygen atoms in total. The van der Waals surface area contributed by atoms with Crippen LogP contribution < -0.4 is 0 Å². The van der Waals surface area contributed by atoms with E-state index < -0.39 is 5.97 Å². The van der Waals surface area contributed by atoms with E-state index in [2.05, 4.69) is 9.72 Å². The summed E-state index contributed by atoms with van der Waals surface area (Å²) >= 11 is 5.85. The van der Waals surface area contributed by atoms with Crippen molar-refractivity contribution in [1.82, 2.24) is 4.98 Å². The molecule has 0 saturated carbocycles. The summed E-state index contributed by atoms with van der Waals surface area (Å²) in [4.78, 5) is 15.3. The van der Waals surface area contributed by atoms with Gasteiger partial charge in [0.05, 0.1) is 7.11 Å². The van der Waals surface area contributed by atoms with Crippen molar-refractivity contribution >= 4 is 17.6 Å². The molecule has 0 bridgehead atoms. The Morgan fingerprint density at radius 1 is 1.50 bits per heavy atom. The quantitative estimate of drug-likeness (QED) is 0.709. The fourth-order valence-corrected chi connectivity index (χ4v) is 1.24. The molecule has 76 valence electrons. The van der Waals surface area contributed by atoms with Crippen molar-refractivity contribution in [2.75, 3.05) is 7.11 Å². The number of hydrogen-bond acceptors (Lipinski definition) is 3. The van der Waals surface area contributed by atoms with Gasteiger partial charge >= 0.3 is 5.97 Å². The number of ether oxygens (including phenoxy) is 1. The molecule has 0 N–H and O–H groups in total. The number of halogens is 1. The highest BCUT2D eigenvalue weighted by atomic mass is 35.5. The minimum Gasteiger partial charge on any atom is -0.464 e. The molecule has 0 aliphatic carbocycles. The van der Waals surface area contributed by atoms with Crippen LogP contribution in [0.4, 0.5) is 0 Å². The van der Waals surface area contributed by atoms with Crippen LogP contribution in [0.15, 0.2) is 12.1 Å². The van der Waals surface area contributed by atoms with Crippen molar-refractivity contribution in [1.29, 1.82) is 0 Å². The van der Waals surface area contributed by atoms with Gasteiger partial charge in [0.1, 0.15) is 5.69 Å². The molecule has 4 heteroatoms. The van der Waals surface area contributed by atoms with Crippen LogP contribution in [0.25, 0.3) is 0 Å². The Hall–Kier alpha value is -1.09. The van der Waals surface area contributed by atoms with Crippen LogP contribution in [0.5, 0.6) is 0 Å². The predicted molar refractivity (Wildman–Crippen MR) is 54.7 cm³/mol. The summed E-state index contributed by atoms with van der Waals surface area (Å²) in [6.07, 6.45) is 0. The first-order valence-electron chi connectivity index (χ1n) is 4.30. The van der Waals surface area contributed by atoms with Gasteiger partial charge in [-0.25, -0.2) is 9.78 Å². The standard InChI is InChI=1S/C10H12ClNO2/c1-6(2)8-4-7(11)5-9(12-8)10(13)14-3/h4-6H,1-3H3. The normalized spacial score (nSPS) is 10.4. The molecule has 1 heterocycles. The molecule has 0 aromatic carbocycles. The molecular weight excluding hydrogens is 202 g/mol. The topological polar surface area (TPSA) is 39.2 Å². The Balaban J connectivity index is 3.13. The monoisotopic (exact) mass is 213 g/mol. The number of carbonyl (C=O) groups is 1. The smallest absolute Gasteiger partial charge is 0.356 e. The first-order chi connectivity index (χ1) is 6.54. The third-order valence-corrected chi connectivity index (χ3v) is 2.01. The van der Waals surface area contributed by atoms with Crippen LogP contribution in [0.3, 0.4) is 0 Å². The zero-order chi connectivity index (χ0) is 10.7. The van der Waals surface area contributed by atoms with Gasteiger partial charge < -0.3 is 4.74 Å². The van der Waals surface area contributed by atoms with E-state index in [9.17, 15) is 4.79 Å². The average Bonchev–Trinajstić information content (AvgIpc) is 2.15. The number of nitrogens with zero attached hydrogens (tertiary/aromatic N) is 1. The number of hydrogen-bond donors (Lipinski definition) is 0. The van der Waals surface area contributed by atoms with E-state index in [0.29, 0.717) is 5.02 Å². The van der Waals surface area contributed by atoms with Crippen molar-refractivity contribution < 1.29 is 9.53 Å². The van der Waals surface area contributed by atoms with E-state index in [0.717, 1.165) is 5.69 Å². The van der Waals surface area contributed by atoms with E-state index in [-0.39, 0.29) is 11.6 Å². The van der Waals surface area contributed by atoms with Gasteiger partial charge in [0.2, 0.25) is 0 Å². The van der Waals surface area contributed by atoms with E-state index in [1.165, 1.54) is 13.2 Å². The summed E-state index contributed by atoms with van der Waals surface area (Å²) in [6, 6.07) is 3.25. The van der Waals surface area contributed by atoms with Crippen molar-refractivity contribution in [2.45, 2.75) is 19.8 Å². The van der Waals surface area contributed by atoms with Crippen molar-refractivity contribution in [3.8, 4) is 0 Å². The van der Waals surface area contributed by atoms with Crippen LogP contribution in [-0.2, 0) is 4.74 Å². The van der Waals surface area contributed by atoms with Crippen LogP contribution in [0.2, 0.25) is 5.02 Å². The highest BCUT2D eigenvalue weighted by Crippen LogP contribution is 2.18. The predicted octanol–water partition coefficient (Wildman–Crippen LogP) is 2.65. The zero-order valence-corrected chi connectivity index (χ0v) is 9.13. The third kappa shape index (κ3) is 2.45. The lowest BCUT2D eigenvalue weighted by Crippen LogP contribution is -2.06. The Kier molecular flexibility index (Phi) is 3.47. The number of pyridine rings is 1. The summed E-state index contributed by atoms with van der Waals surface area (Å²) in [6.45, 7) is 3.97. The molecular formula is C10H12ClNO2. The van der Waals surface area contributed by atoms with Gasteiger partial charge in [0, 0.05) is 10.7 Å². The Morgan fingerprint density at radius 3 is 2.64 bits per heavy atom. The molecule has 0 amide bonds. The highest BCUT2D eigenvalue weighted by Gasteiger charge is 2.11. The average molecular weight is 214 g/mol. The minimum atomic E-state index is -0.464. The molecule has 1 rings (SSSR count). The Morgan fingerprint density at radius 2 is 2.14 bits per heavy atom. The van der Waals surface area contributed by atoms with Gasteiger partial charge in [0.15, 0.2) is 0 Å². The lowest BCUT2D eigenvalue weighted by atomic mass is 10.1. The number of methoxy groups -OCH3 is 1. The van der Waals surface area contributed by atoms with Gasteiger partial charge in [0.25, 0.3) is 0 Å². The summed E-state index contributed by atoms with van der Waals surface area (Å²) in [5.41, 5.74) is 1.04. The summed E-state index contributed by atoms with van der Waals surface area (Å²) in [5, 5.41) is 0.504. The maximum atomic E-state index is 11.2. The molecule has 0 radical (unpaired) electrons. The van der Waals surface area contributed by atoms with E-state index in [1.54, 1.807) is 6.07 Å². The molecule has 1 aromatic rings. The van der Waals surface area contributed by atoms with Crippen molar-refractivity contribution in [2.24, 2.45) is 0 Å². The second-order valence-electron chi connectivity index (χ2n) is 3.24. The molecule has 0 unspecified atom stereocenters. The third-order valence-electron chi connectivity index (χ3n) is 1.80. The highest BCUT2D eigenvalue weighted by molar-refractivity contribution is 6.30. The molecule has 0 aliphatic heterocycles. The van der Waals surface area contributed by atoms with Crippen LogP contribution >= 0.6 is 11.6 Å². The minimum absolute atomic E-state index is 0.233. The van der Waals surface area contributed by atoms with Gasteiger partial charge in [-0.05, 0) is 18.1 Å². The maximum absolute atomic E-state index is 11.2. The fourth-order valence-electron chi connectivity index (χ4n) is 1.02. The van der Waals surface area contributed by atoms with Gasteiger partial charge in [-0.3, -0.25) is 0 Å². The summed E-state index contributed by atoms with van der Waals surface area (Å²) < 4.78 is 4.57. The van der Waals surface area contributed by atoms with E-state index >= 15 is 0 Å². The molecule has 0 fully saturated rings. The Labute approximate surface area is 88.1 Å². The first-order valence-corrected chi connectivity index (χ1v) is 4.68. The summed E-state index contributed by atoms with van der Waals surface area (Å²) in [5.74, 6) is -0.230. The SMILES string of the molecule is COC(=O)c1cc(Cl)cc(C(C)C)n1. The maximum Gasteiger partial charge on any atom is 0.356 e. The lowest BCUT2D eigenvalue weighted by molar-refractivity contribution is 0.0593. The van der Waals surface area contributed by atoms with Gasteiger partial charge in [-0.15, -0.1) is 0 Å². The molecule has 0 saturated heterocycles. The molecule has 0 atom stereocenters.